The SMILES string of the molecule is COC1(NC(=O)C(=C(O)c2ccccc2)C(F)(F)F)C=CC2=C3C1O[C@H]1CCC[C@H]4[C@@H](C2)[N+](CC2CC2)(CC(c2ccccc2)c2ccccc2)CC[C@]314. The van der Waals surface area contributed by atoms with Crippen molar-refractivity contribution in [3.05, 3.63) is 137 Å². The molecule has 3 aromatic carbocycles. The molecule has 7 atom stereocenters. The first-order valence-electron chi connectivity index (χ1n) is 19.6. The zero-order valence-corrected chi connectivity index (χ0v) is 30.6. The lowest BCUT2D eigenvalue weighted by Crippen LogP contribution is -2.71. The Balaban J connectivity index is 1.10. The number of nitrogens with zero attached hydrogens (tertiary/aromatic N) is 1. The molecule has 3 unspecified atom stereocenters. The van der Waals surface area contributed by atoms with E-state index in [-0.39, 0.29) is 23.0 Å². The Morgan fingerprint density at radius 3 is 2.22 bits per heavy atom. The Morgan fingerprint density at radius 2 is 1.61 bits per heavy atom. The number of allylic oxidation sites excluding steroid dienone is 1. The molecule has 2 N–H and O–H groups in total. The summed E-state index contributed by atoms with van der Waals surface area (Å²) in [5.74, 6) is -1.30. The third-order valence-corrected chi connectivity index (χ3v) is 13.8. The van der Waals surface area contributed by atoms with E-state index < -0.39 is 35.2 Å². The Labute approximate surface area is 314 Å². The van der Waals surface area contributed by atoms with Crippen LogP contribution in [0.5, 0.6) is 0 Å². The molecule has 0 aromatic heterocycles. The Kier molecular flexibility index (Phi) is 8.71. The van der Waals surface area contributed by atoms with Gasteiger partial charge in [-0.15, -0.1) is 0 Å². The smallest absolute Gasteiger partial charge is 0.425 e. The molecule has 2 saturated heterocycles. The highest BCUT2D eigenvalue weighted by molar-refractivity contribution is 6.01. The number of nitrogens with one attached hydrogen (secondary N) is 1. The highest BCUT2D eigenvalue weighted by atomic mass is 19.4. The number of likely N-dealkylation sites (tertiary alicyclic amines) is 1. The van der Waals surface area contributed by atoms with E-state index in [9.17, 15) is 23.1 Å². The van der Waals surface area contributed by atoms with Gasteiger partial charge in [-0.1, -0.05) is 103 Å². The van der Waals surface area contributed by atoms with Crippen LogP contribution in [0.1, 0.15) is 67.6 Å². The van der Waals surface area contributed by atoms with Gasteiger partial charge in [0.1, 0.15) is 11.9 Å². The molecule has 54 heavy (non-hydrogen) atoms. The molecule has 1 spiro atoms. The van der Waals surface area contributed by atoms with Crippen LogP contribution in [-0.4, -0.2) is 72.4 Å². The summed E-state index contributed by atoms with van der Waals surface area (Å²) in [7, 11) is 1.40. The van der Waals surface area contributed by atoms with E-state index in [4.69, 9.17) is 9.47 Å². The lowest BCUT2D eigenvalue weighted by atomic mass is 9.49. The minimum absolute atomic E-state index is 0.101. The molecule has 9 rings (SSSR count). The van der Waals surface area contributed by atoms with Crippen LogP contribution in [0.15, 0.2) is 120 Å². The first-order valence-corrected chi connectivity index (χ1v) is 19.6. The molecule has 0 radical (unpaired) electrons. The molecule has 2 aliphatic heterocycles. The monoisotopic (exact) mass is 737 g/mol. The molecule has 3 aromatic rings. The summed E-state index contributed by atoms with van der Waals surface area (Å²) in [6.07, 6.45) is 4.91. The molecule has 2 heterocycles. The van der Waals surface area contributed by atoms with Crippen molar-refractivity contribution in [2.45, 2.75) is 81.0 Å². The van der Waals surface area contributed by atoms with Gasteiger partial charge in [-0.05, 0) is 54.0 Å². The van der Waals surface area contributed by atoms with Gasteiger partial charge in [0.15, 0.2) is 11.3 Å². The van der Waals surface area contributed by atoms with E-state index in [0.29, 0.717) is 12.0 Å². The molecule has 2 saturated carbocycles. The van der Waals surface area contributed by atoms with Crippen LogP contribution in [0, 0.1) is 17.3 Å². The van der Waals surface area contributed by atoms with Crippen molar-refractivity contribution in [3.8, 4) is 0 Å². The summed E-state index contributed by atoms with van der Waals surface area (Å²) in [6.45, 7) is 3.17. The quantitative estimate of drug-likeness (QED) is 0.0947. The third-order valence-electron chi connectivity index (χ3n) is 13.8. The van der Waals surface area contributed by atoms with E-state index in [2.05, 4.69) is 66.0 Å². The number of hydrogen-bond donors (Lipinski definition) is 2. The normalized spacial score (nSPS) is 33.0. The predicted molar refractivity (Wildman–Crippen MR) is 200 cm³/mol. The zero-order valence-electron chi connectivity index (χ0n) is 30.6. The van der Waals surface area contributed by atoms with Crippen LogP contribution in [-0.2, 0) is 14.3 Å². The average Bonchev–Trinajstić information content (AvgIpc) is 3.93. The highest BCUT2D eigenvalue weighted by Crippen LogP contribution is 2.68. The number of hydrogen-bond acceptors (Lipinski definition) is 4. The number of ether oxygens (including phenoxy) is 2. The second kappa shape index (κ2) is 13.2. The fourth-order valence-electron chi connectivity index (χ4n) is 11.4. The number of piperidine rings is 1. The summed E-state index contributed by atoms with van der Waals surface area (Å²) in [5, 5.41) is 13.5. The first-order chi connectivity index (χ1) is 26.1. The number of methoxy groups -OCH3 is 1. The largest absolute Gasteiger partial charge is 0.506 e. The van der Waals surface area contributed by atoms with Crippen LogP contribution >= 0.6 is 0 Å². The van der Waals surface area contributed by atoms with Crippen LogP contribution in [0.2, 0.25) is 0 Å². The molecule has 6 nitrogen and oxygen atoms in total. The van der Waals surface area contributed by atoms with Gasteiger partial charge in [0.05, 0.1) is 37.7 Å². The Bertz CT molecular complexity index is 1960. The van der Waals surface area contributed by atoms with Crippen LogP contribution in [0.25, 0.3) is 5.76 Å². The number of amides is 1. The van der Waals surface area contributed by atoms with E-state index in [1.54, 1.807) is 12.1 Å². The number of benzene rings is 3. The molecule has 1 amide bonds. The van der Waals surface area contributed by atoms with Crippen LogP contribution in [0.3, 0.4) is 0 Å². The zero-order chi connectivity index (χ0) is 37.3. The maximum Gasteiger partial charge on any atom is 0.425 e. The average molecular weight is 738 g/mol. The van der Waals surface area contributed by atoms with E-state index in [1.165, 1.54) is 60.9 Å². The number of quaternary nitrogens is 1. The molecule has 4 fully saturated rings. The highest BCUT2D eigenvalue weighted by Gasteiger charge is 2.72. The van der Waals surface area contributed by atoms with Gasteiger partial charge in [-0.3, -0.25) is 4.79 Å². The fraction of sp³-hybridized carbons (Fsp3) is 0.444. The fourth-order valence-corrected chi connectivity index (χ4v) is 11.4. The first kappa shape index (κ1) is 35.5. The number of carbonyl (C=O) groups excluding carboxylic acids is 1. The predicted octanol–water partition coefficient (Wildman–Crippen LogP) is 8.63. The maximum atomic E-state index is 14.6. The molecule has 9 heteroatoms. The lowest BCUT2D eigenvalue weighted by molar-refractivity contribution is -0.965. The van der Waals surface area contributed by atoms with Gasteiger partial charge < -0.3 is 24.4 Å². The summed E-state index contributed by atoms with van der Waals surface area (Å²) < 4.78 is 57.9. The molecular formula is C45H48F3N2O4+. The summed E-state index contributed by atoms with van der Waals surface area (Å²) in [6, 6.07) is 29.5. The van der Waals surface area contributed by atoms with Crippen molar-refractivity contribution in [3.63, 3.8) is 0 Å². The molecular weight excluding hydrogens is 689 g/mol. The van der Waals surface area contributed by atoms with Crippen molar-refractivity contribution in [1.82, 2.24) is 5.32 Å². The van der Waals surface area contributed by atoms with Gasteiger partial charge >= 0.3 is 6.18 Å². The van der Waals surface area contributed by atoms with Crippen molar-refractivity contribution in [1.29, 1.82) is 0 Å². The van der Waals surface area contributed by atoms with Gasteiger partial charge in [0.2, 0.25) is 0 Å². The number of halogens is 3. The van der Waals surface area contributed by atoms with Gasteiger partial charge in [0.25, 0.3) is 5.91 Å². The van der Waals surface area contributed by atoms with Crippen molar-refractivity contribution < 1.29 is 37.0 Å². The molecule has 4 aliphatic carbocycles. The van der Waals surface area contributed by atoms with Gasteiger partial charge in [-0.25, -0.2) is 0 Å². The van der Waals surface area contributed by atoms with E-state index >= 15 is 0 Å². The minimum atomic E-state index is -5.13. The minimum Gasteiger partial charge on any atom is -0.506 e. The van der Waals surface area contributed by atoms with Crippen molar-refractivity contribution in [2.75, 3.05) is 26.7 Å². The van der Waals surface area contributed by atoms with Gasteiger partial charge in [-0.2, -0.15) is 13.2 Å². The van der Waals surface area contributed by atoms with Crippen LogP contribution in [0.4, 0.5) is 13.2 Å². The Morgan fingerprint density at radius 1 is 0.963 bits per heavy atom. The standard InChI is InChI=1S/C45H47F3N2O4/c1-53-44(49-42(52)39(45(46,47)48)40(51)32-16-9-4-10-17-32)23-22-33-26-36-35-18-11-19-37-43(35,38(33)41(44)54-37)24-25-50(36,27-29-20-21-29)28-34(30-12-5-2-6-13-30)31-14-7-3-8-15-31/h2-10,12-17,22-23,29,34-37,41H,11,18-21,24-28H2,1H3,(H-,49,51,52)/p+1/t35-,36+,37-,41?,43+,44?,50?/m0/s1. The van der Waals surface area contributed by atoms with Crippen LogP contribution < -0.4 is 5.32 Å². The molecule has 2 bridgehead atoms. The summed E-state index contributed by atoms with van der Waals surface area (Å²) in [4.78, 5) is 13.8. The lowest BCUT2D eigenvalue weighted by Gasteiger charge is -2.63. The van der Waals surface area contributed by atoms with Crippen molar-refractivity contribution in [2.24, 2.45) is 17.3 Å². The number of alkyl halides is 3. The number of rotatable bonds is 10. The van der Waals surface area contributed by atoms with Crippen molar-refractivity contribution >= 4 is 11.7 Å². The van der Waals surface area contributed by atoms with E-state index in [0.717, 1.165) is 67.7 Å². The van der Waals surface area contributed by atoms with Gasteiger partial charge in [0, 0.05) is 42.8 Å². The summed E-state index contributed by atoms with van der Waals surface area (Å²) >= 11 is 0. The number of carbonyl (C=O) groups is 1. The number of aliphatic hydroxyl groups is 1. The van der Waals surface area contributed by atoms with E-state index in [1.807, 2.05) is 6.08 Å². The third kappa shape index (κ3) is 5.68. The molecule has 6 aliphatic rings. The second-order valence-electron chi connectivity index (χ2n) is 16.5. The Hall–Kier alpha value is -4.18. The molecule has 282 valence electrons. The maximum absolute atomic E-state index is 14.6. The summed E-state index contributed by atoms with van der Waals surface area (Å²) in [5.41, 5.74) is 1.22. The second-order valence-corrected chi connectivity index (χ2v) is 16.5. The topological polar surface area (TPSA) is 67.8 Å². The number of aliphatic hydroxyl groups excluding tert-OH is 1.